The normalized spacial score (nSPS) is 17.7. The van der Waals surface area contributed by atoms with E-state index in [-0.39, 0.29) is 11.9 Å². The van der Waals surface area contributed by atoms with Gasteiger partial charge in [-0.1, -0.05) is 48.5 Å². The number of rotatable bonds is 7. The maximum atomic E-state index is 12.8. The van der Waals surface area contributed by atoms with Crippen LogP contribution in [0.25, 0.3) is 22.2 Å². The summed E-state index contributed by atoms with van der Waals surface area (Å²) in [6.45, 7) is 3.29. The van der Waals surface area contributed by atoms with E-state index in [1.165, 1.54) is 0 Å². The Kier molecular flexibility index (Phi) is 5.77. The van der Waals surface area contributed by atoms with Crippen LogP contribution in [0.2, 0.25) is 0 Å². The quantitative estimate of drug-likeness (QED) is 0.645. The van der Waals surface area contributed by atoms with Gasteiger partial charge in [0.25, 0.3) is 0 Å². The number of carbonyl (C=O) groups excluding carboxylic acids is 1. The summed E-state index contributed by atoms with van der Waals surface area (Å²) in [5.41, 5.74) is 3.28. The fourth-order valence-electron chi connectivity index (χ4n) is 4.07. The van der Waals surface area contributed by atoms with E-state index in [1.54, 1.807) is 0 Å². The summed E-state index contributed by atoms with van der Waals surface area (Å²) in [6, 6.07) is 20.8. The number of benzene rings is 2. The highest BCUT2D eigenvalue weighted by atomic mass is 16.5. The van der Waals surface area contributed by atoms with Crippen molar-refractivity contribution < 1.29 is 9.53 Å². The fourth-order valence-corrected chi connectivity index (χ4v) is 4.07. The van der Waals surface area contributed by atoms with Crippen molar-refractivity contribution in [3.63, 3.8) is 0 Å². The maximum Gasteiger partial charge on any atom is 0.240 e. The first-order chi connectivity index (χ1) is 13.7. The van der Waals surface area contributed by atoms with Gasteiger partial charge in [0.1, 0.15) is 6.54 Å². The molecule has 0 saturated carbocycles. The van der Waals surface area contributed by atoms with E-state index in [9.17, 15) is 4.79 Å². The number of amides is 1. The first-order valence-corrected chi connectivity index (χ1v) is 10.3. The molecule has 2 atom stereocenters. The van der Waals surface area contributed by atoms with Crippen molar-refractivity contribution in [3.05, 3.63) is 60.7 Å². The molecule has 2 heterocycles. The Morgan fingerprint density at radius 1 is 1.18 bits per heavy atom. The first kappa shape index (κ1) is 18.8. The third-order valence-electron chi connectivity index (χ3n) is 5.53. The standard InChI is InChI=1S/C24H28N2O2/c1-18(13-14-21-11-7-15-28-21)25-24(27)17-26-22-12-6-5-10-20(22)16-23(26)19-8-3-2-4-9-19/h2-6,8-10,12,16,18,21H,7,11,13-15,17H2,1H3,(H,25,27). The van der Waals surface area contributed by atoms with Gasteiger partial charge in [-0.05, 0) is 50.3 Å². The molecule has 1 saturated heterocycles. The molecule has 1 amide bonds. The minimum absolute atomic E-state index is 0.0541. The van der Waals surface area contributed by atoms with E-state index < -0.39 is 0 Å². The minimum atomic E-state index is 0.0541. The molecule has 4 heteroatoms. The average molecular weight is 377 g/mol. The van der Waals surface area contributed by atoms with Crippen LogP contribution in [0.3, 0.4) is 0 Å². The molecule has 4 nitrogen and oxygen atoms in total. The largest absolute Gasteiger partial charge is 0.378 e. The Labute approximate surface area is 166 Å². The van der Waals surface area contributed by atoms with Crippen LogP contribution < -0.4 is 5.32 Å². The molecule has 1 aliphatic rings. The van der Waals surface area contributed by atoms with Crippen molar-refractivity contribution >= 4 is 16.8 Å². The highest BCUT2D eigenvalue weighted by molar-refractivity contribution is 5.89. The van der Waals surface area contributed by atoms with E-state index >= 15 is 0 Å². The molecule has 1 aromatic heterocycles. The number of aromatic nitrogens is 1. The lowest BCUT2D eigenvalue weighted by Gasteiger charge is -2.17. The number of hydrogen-bond acceptors (Lipinski definition) is 2. The van der Waals surface area contributed by atoms with Gasteiger partial charge in [-0.3, -0.25) is 4.79 Å². The molecule has 0 aliphatic carbocycles. The van der Waals surface area contributed by atoms with Crippen LogP contribution in [0, 0.1) is 0 Å². The van der Waals surface area contributed by atoms with E-state index in [0.29, 0.717) is 12.6 Å². The molecule has 2 unspecified atom stereocenters. The zero-order valence-electron chi connectivity index (χ0n) is 16.4. The molecule has 0 spiro atoms. The van der Waals surface area contributed by atoms with Crippen molar-refractivity contribution in [2.45, 2.75) is 51.3 Å². The number of nitrogens with zero attached hydrogens (tertiary/aromatic N) is 1. The summed E-state index contributed by atoms with van der Waals surface area (Å²) in [5.74, 6) is 0.0541. The van der Waals surface area contributed by atoms with Gasteiger partial charge < -0.3 is 14.6 Å². The second-order valence-corrected chi connectivity index (χ2v) is 7.72. The summed E-state index contributed by atoms with van der Waals surface area (Å²) in [6.07, 6.45) is 4.65. The van der Waals surface area contributed by atoms with Crippen LogP contribution in [0.1, 0.15) is 32.6 Å². The summed E-state index contributed by atoms with van der Waals surface area (Å²) in [4.78, 5) is 12.8. The molecular formula is C24H28N2O2. The predicted molar refractivity (Wildman–Crippen MR) is 113 cm³/mol. The summed E-state index contributed by atoms with van der Waals surface area (Å²) < 4.78 is 7.81. The number of fused-ring (bicyclic) bond motifs is 1. The Morgan fingerprint density at radius 3 is 2.75 bits per heavy atom. The monoisotopic (exact) mass is 376 g/mol. The van der Waals surface area contributed by atoms with Crippen molar-refractivity contribution in [1.29, 1.82) is 0 Å². The highest BCUT2D eigenvalue weighted by Crippen LogP contribution is 2.28. The topological polar surface area (TPSA) is 43.3 Å². The Balaban J connectivity index is 1.48. The van der Waals surface area contributed by atoms with E-state index in [1.807, 2.05) is 30.3 Å². The SMILES string of the molecule is CC(CCC1CCCO1)NC(=O)Cn1c(-c2ccccc2)cc2ccccc21. The van der Waals surface area contributed by atoms with E-state index in [4.69, 9.17) is 4.74 Å². The van der Waals surface area contributed by atoms with Gasteiger partial charge in [-0.25, -0.2) is 0 Å². The third kappa shape index (κ3) is 4.28. The van der Waals surface area contributed by atoms with Crippen LogP contribution in [-0.4, -0.2) is 29.2 Å². The first-order valence-electron chi connectivity index (χ1n) is 10.3. The smallest absolute Gasteiger partial charge is 0.240 e. The number of hydrogen-bond donors (Lipinski definition) is 1. The van der Waals surface area contributed by atoms with Gasteiger partial charge in [-0.15, -0.1) is 0 Å². The van der Waals surface area contributed by atoms with E-state index in [0.717, 1.165) is 54.5 Å². The molecule has 3 aromatic rings. The van der Waals surface area contributed by atoms with Crippen molar-refractivity contribution in [1.82, 2.24) is 9.88 Å². The lowest BCUT2D eigenvalue weighted by molar-refractivity contribution is -0.122. The molecular weight excluding hydrogens is 348 g/mol. The summed E-state index contributed by atoms with van der Waals surface area (Å²) in [5, 5.41) is 4.32. The molecule has 2 aromatic carbocycles. The molecule has 0 bridgehead atoms. The predicted octanol–water partition coefficient (Wildman–Crippen LogP) is 4.77. The average Bonchev–Trinajstić information content (AvgIpc) is 3.35. The molecule has 4 rings (SSSR count). The van der Waals surface area contributed by atoms with Crippen LogP contribution in [-0.2, 0) is 16.1 Å². The third-order valence-corrected chi connectivity index (χ3v) is 5.53. The molecule has 1 N–H and O–H groups in total. The zero-order chi connectivity index (χ0) is 19.3. The van der Waals surface area contributed by atoms with E-state index in [2.05, 4.69) is 47.1 Å². The lowest BCUT2D eigenvalue weighted by atomic mass is 10.1. The van der Waals surface area contributed by atoms with Gasteiger partial charge in [-0.2, -0.15) is 0 Å². The molecule has 1 fully saturated rings. The number of para-hydroxylation sites is 1. The van der Waals surface area contributed by atoms with Crippen molar-refractivity contribution in [2.24, 2.45) is 0 Å². The number of nitrogens with one attached hydrogen (secondary N) is 1. The van der Waals surface area contributed by atoms with Crippen molar-refractivity contribution in [2.75, 3.05) is 6.61 Å². The van der Waals surface area contributed by atoms with Crippen LogP contribution in [0.15, 0.2) is 60.7 Å². The van der Waals surface area contributed by atoms with Gasteiger partial charge in [0.2, 0.25) is 5.91 Å². The number of carbonyl (C=O) groups is 1. The van der Waals surface area contributed by atoms with Crippen LogP contribution in [0.5, 0.6) is 0 Å². The molecule has 0 radical (unpaired) electrons. The Hall–Kier alpha value is -2.59. The molecule has 146 valence electrons. The summed E-state index contributed by atoms with van der Waals surface area (Å²) in [7, 11) is 0. The van der Waals surface area contributed by atoms with Gasteiger partial charge in [0.15, 0.2) is 0 Å². The van der Waals surface area contributed by atoms with Crippen molar-refractivity contribution in [3.8, 4) is 11.3 Å². The second-order valence-electron chi connectivity index (χ2n) is 7.72. The molecule has 28 heavy (non-hydrogen) atoms. The van der Waals surface area contributed by atoms with Crippen LogP contribution in [0.4, 0.5) is 0 Å². The highest BCUT2D eigenvalue weighted by Gasteiger charge is 2.18. The van der Waals surface area contributed by atoms with Gasteiger partial charge in [0.05, 0.1) is 6.10 Å². The van der Waals surface area contributed by atoms with Gasteiger partial charge >= 0.3 is 0 Å². The Morgan fingerprint density at radius 2 is 1.96 bits per heavy atom. The summed E-state index contributed by atoms with van der Waals surface area (Å²) >= 11 is 0. The fraction of sp³-hybridized carbons (Fsp3) is 0.375. The second kappa shape index (κ2) is 8.61. The lowest BCUT2D eigenvalue weighted by Crippen LogP contribution is -2.35. The van der Waals surface area contributed by atoms with Gasteiger partial charge in [0, 0.05) is 29.2 Å². The maximum absolute atomic E-state index is 12.8. The zero-order valence-corrected chi connectivity index (χ0v) is 16.4. The minimum Gasteiger partial charge on any atom is -0.378 e. The Bertz CT molecular complexity index is 926. The number of ether oxygens (including phenoxy) is 1. The van der Waals surface area contributed by atoms with Crippen LogP contribution >= 0.6 is 0 Å². The molecule has 1 aliphatic heterocycles.